The Labute approximate surface area is 108 Å². The van der Waals surface area contributed by atoms with Crippen molar-refractivity contribution in [3.8, 4) is 0 Å². The van der Waals surface area contributed by atoms with Crippen LogP contribution in [0.2, 0.25) is 0 Å². The summed E-state index contributed by atoms with van der Waals surface area (Å²) < 4.78 is 10.9. The van der Waals surface area contributed by atoms with Crippen molar-refractivity contribution in [3.05, 3.63) is 0 Å². The molecule has 1 amide bonds. The Bertz CT molecular complexity index is 282. The molecule has 0 spiro atoms. The van der Waals surface area contributed by atoms with Gasteiger partial charge in [0.05, 0.1) is 32.0 Å². The summed E-state index contributed by atoms with van der Waals surface area (Å²) in [6.45, 7) is 7.25. The van der Waals surface area contributed by atoms with Crippen LogP contribution < -0.4 is 5.73 Å². The van der Waals surface area contributed by atoms with Crippen molar-refractivity contribution < 1.29 is 14.3 Å². The second-order valence-corrected chi connectivity index (χ2v) is 4.99. The fraction of sp³-hybridized carbons (Fsp3) is 0.917. The molecule has 0 aromatic heterocycles. The second-order valence-electron chi connectivity index (χ2n) is 4.99. The summed E-state index contributed by atoms with van der Waals surface area (Å²) in [5, 5.41) is 0. The number of ether oxygens (including phenoxy) is 2. The zero-order chi connectivity index (χ0) is 13.0. The zero-order valence-corrected chi connectivity index (χ0v) is 11.0. The Balaban J connectivity index is 1.82. The van der Waals surface area contributed by atoms with Gasteiger partial charge in [-0.3, -0.25) is 9.69 Å². The van der Waals surface area contributed by atoms with Crippen LogP contribution in [0.15, 0.2) is 0 Å². The van der Waals surface area contributed by atoms with Gasteiger partial charge in [0.2, 0.25) is 5.91 Å². The van der Waals surface area contributed by atoms with Gasteiger partial charge in [-0.05, 0) is 6.92 Å². The van der Waals surface area contributed by atoms with Crippen LogP contribution in [0.5, 0.6) is 0 Å². The molecular weight excluding hydrogens is 234 g/mol. The highest BCUT2D eigenvalue weighted by Crippen LogP contribution is 2.10. The molecule has 2 atom stereocenters. The summed E-state index contributed by atoms with van der Waals surface area (Å²) >= 11 is 0. The van der Waals surface area contributed by atoms with E-state index in [-0.39, 0.29) is 18.1 Å². The summed E-state index contributed by atoms with van der Waals surface area (Å²) in [5.41, 5.74) is 5.64. The largest absolute Gasteiger partial charge is 0.378 e. The van der Waals surface area contributed by atoms with Crippen molar-refractivity contribution in [2.75, 3.05) is 52.5 Å². The fourth-order valence-electron chi connectivity index (χ4n) is 2.50. The fourth-order valence-corrected chi connectivity index (χ4v) is 2.50. The van der Waals surface area contributed by atoms with Crippen molar-refractivity contribution in [1.29, 1.82) is 0 Å². The lowest BCUT2D eigenvalue weighted by Crippen LogP contribution is -2.53. The molecule has 0 bridgehead atoms. The molecule has 0 saturated carbocycles. The lowest BCUT2D eigenvalue weighted by atomic mass is 10.2. The van der Waals surface area contributed by atoms with E-state index in [0.29, 0.717) is 39.4 Å². The number of rotatable bonds is 3. The first-order valence-corrected chi connectivity index (χ1v) is 6.62. The molecule has 2 unspecified atom stereocenters. The molecule has 0 aromatic rings. The minimum Gasteiger partial charge on any atom is -0.378 e. The third kappa shape index (κ3) is 3.65. The highest BCUT2D eigenvalue weighted by molar-refractivity contribution is 5.78. The Morgan fingerprint density at radius 3 is 2.72 bits per heavy atom. The maximum absolute atomic E-state index is 12.1. The summed E-state index contributed by atoms with van der Waals surface area (Å²) in [6.07, 6.45) is 0.191. The van der Waals surface area contributed by atoms with Crippen LogP contribution in [0.4, 0.5) is 0 Å². The van der Waals surface area contributed by atoms with Gasteiger partial charge < -0.3 is 20.1 Å². The van der Waals surface area contributed by atoms with E-state index in [1.54, 1.807) is 0 Å². The van der Waals surface area contributed by atoms with Crippen LogP contribution in [-0.2, 0) is 14.3 Å². The minimum atomic E-state index is 0.0474. The average molecular weight is 257 g/mol. The number of nitrogens with zero attached hydrogens (tertiary/aromatic N) is 2. The number of nitrogens with two attached hydrogens (primary N) is 1. The molecule has 2 fully saturated rings. The zero-order valence-electron chi connectivity index (χ0n) is 11.0. The molecular formula is C12H23N3O3. The predicted molar refractivity (Wildman–Crippen MR) is 67.2 cm³/mol. The van der Waals surface area contributed by atoms with Crippen LogP contribution >= 0.6 is 0 Å². The van der Waals surface area contributed by atoms with Gasteiger partial charge in [-0.25, -0.2) is 0 Å². The third-order valence-corrected chi connectivity index (χ3v) is 3.39. The van der Waals surface area contributed by atoms with Gasteiger partial charge in [0.1, 0.15) is 0 Å². The van der Waals surface area contributed by atoms with Crippen molar-refractivity contribution in [2.24, 2.45) is 5.73 Å². The van der Waals surface area contributed by atoms with E-state index < -0.39 is 0 Å². The normalized spacial score (nSPS) is 30.4. The molecule has 2 aliphatic rings. The highest BCUT2D eigenvalue weighted by atomic mass is 16.5. The summed E-state index contributed by atoms with van der Waals surface area (Å²) in [6, 6.07) is 0. The summed E-state index contributed by atoms with van der Waals surface area (Å²) in [5.74, 6) is 0.183. The van der Waals surface area contributed by atoms with Gasteiger partial charge >= 0.3 is 0 Å². The number of carbonyl (C=O) groups is 1. The Kier molecular flexibility index (Phi) is 4.94. The number of hydrogen-bond donors (Lipinski definition) is 1. The van der Waals surface area contributed by atoms with Crippen LogP contribution in [-0.4, -0.2) is 80.4 Å². The smallest absolute Gasteiger partial charge is 0.236 e. The SMILES string of the molecule is CC1CN(CC(=O)N2CCOCC2)CC(CN)O1. The van der Waals surface area contributed by atoms with Crippen LogP contribution in [0, 0.1) is 0 Å². The highest BCUT2D eigenvalue weighted by Gasteiger charge is 2.27. The van der Waals surface area contributed by atoms with Gasteiger partial charge in [-0.15, -0.1) is 0 Å². The first kappa shape index (κ1) is 13.7. The summed E-state index contributed by atoms with van der Waals surface area (Å²) in [7, 11) is 0. The Morgan fingerprint density at radius 2 is 2.06 bits per heavy atom. The van der Waals surface area contributed by atoms with E-state index in [1.165, 1.54) is 0 Å². The molecule has 2 N–H and O–H groups in total. The predicted octanol–water partition coefficient (Wildman–Crippen LogP) is -1.11. The number of amides is 1. The van der Waals surface area contributed by atoms with Gasteiger partial charge in [0.15, 0.2) is 0 Å². The molecule has 0 aromatic carbocycles. The monoisotopic (exact) mass is 257 g/mol. The van der Waals surface area contributed by atoms with Gasteiger partial charge in [-0.1, -0.05) is 0 Å². The van der Waals surface area contributed by atoms with E-state index in [1.807, 2.05) is 11.8 Å². The molecule has 0 radical (unpaired) electrons. The number of hydrogen-bond acceptors (Lipinski definition) is 5. The van der Waals surface area contributed by atoms with Crippen molar-refractivity contribution in [1.82, 2.24) is 9.80 Å². The van der Waals surface area contributed by atoms with Gasteiger partial charge in [-0.2, -0.15) is 0 Å². The van der Waals surface area contributed by atoms with E-state index in [2.05, 4.69) is 4.90 Å². The van der Waals surface area contributed by atoms with Gasteiger partial charge in [0, 0.05) is 32.7 Å². The first-order chi connectivity index (χ1) is 8.69. The molecule has 2 aliphatic heterocycles. The summed E-state index contributed by atoms with van der Waals surface area (Å²) in [4.78, 5) is 16.1. The van der Waals surface area contributed by atoms with Crippen LogP contribution in [0.25, 0.3) is 0 Å². The molecule has 2 heterocycles. The Hall–Kier alpha value is -0.690. The minimum absolute atomic E-state index is 0.0474. The molecule has 18 heavy (non-hydrogen) atoms. The molecule has 2 rings (SSSR count). The van der Waals surface area contributed by atoms with Crippen molar-refractivity contribution >= 4 is 5.91 Å². The Morgan fingerprint density at radius 1 is 1.33 bits per heavy atom. The van der Waals surface area contributed by atoms with E-state index >= 15 is 0 Å². The van der Waals surface area contributed by atoms with Crippen molar-refractivity contribution in [3.63, 3.8) is 0 Å². The lowest BCUT2D eigenvalue weighted by Gasteiger charge is -2.37. The maximum atomic E-state index is 12.1. The molecule has 0 aliphatic carbocycles. The topological polar surface area (TPSA) is 68.0 Å². The number of carbonyl (C=O) groups excluding carboxylic acids is 1. The molecule has 6 heteroatoms. The van der Waals surface area contributed by atoms with E-state index in [0.717, 1.165) is 13.1 Å². The third-order valence-electron chi connectivity index (χ3n) is 3.39. The average Bonchev–Trinajstić information content (AvgIpc) is 2.39. The molecule has 104 valence electrons. The lowest BCUT2D eigenvalue weighted by molar-refractivity contribution is -0.140. The number of morpholine rings is 2. The first-order valence-electron chi connectivity index (χ1n) is 6.62. The van der Waals surface area contributed by atoms with Crippen LogP contribution in [0.1, 0.15) is 6.92 Å². The van der Waals surface area contributed by atoms with E-state index in [9.17, 15) is 4.79 Å². The van der Waals surface area contributed by atoms with Crippen LogP contribution in [0.3, 0.4) is 0 Å². The van der Waals surface area contributed by atoms with Crippen molar-refractivity contribution in [2.45, 2.75) is 19.1 Å². The standard InChI is InChI=1S/C12H23N3O3/c1-10-7-14(8-11(6-13)18-10)9-12(16)15-2-4-17-5-3-15/h10-11H,2-9,13H2,1H3. The molecule has 6 nitrogen and oxygen atoms in total. The quantitative estimate of drug-likeness (QED) is 0.694. The maximum Gasteiger partial charge on any atom is 0.236 e. The molecule has 2 saturated heterocycles. The van der Waals surface area contributed by atoms with Gasteiger partial charge in [0.25, 0.3) is 0 Å². The second kappa shape index (κ2) is 6.47. The van der Waals surface area contributed by atoms with E-state index in [4.69, 9.17) is 15.2 Å².